The van der Waals surface area contributed by atoms with E-state index >= 15 is 0 Å². The number of aliphatic carboxylic acids is 1. The van der Waals surface area contributed by atoms with Crippen LogP contribution in [0, 0.1) is 5.41 Å². The van der Waals surface area contributed by atoms with Gasteiger partial charge in [0.25, 0.3) is 0 Å². The third-order valence-electron chi connectivity index (χ3n) is 3.83. The monoisotopic (exact) mass is 254 g/mol. The lowest BCUT2D eigenvalue weighted by Gasteiger charge is -2.41. The quantitative estimate of drug-likeness (QED) is 0.330. The van der Waals surface area contributed by atoms with Crippen LogP contribution in [0.25, 0.3) is 10.4 Å². The molecule has 1 aliphatic carbocycles. The molecule has 0 heterocycles. The highest BCUT2D eigenvalue weighted by atomic mass is 16.4. The van der Waals surface area contributed by atoms with Crippen molar-refractivity contribution in [3.63, 3.8) is 0 Å². The maximum absolute atomic E-state index is 11.5. The van der Waals surface area contributed by atoms with Crippen LogP contribution in [0.2, 0.25) is 0 Å². The van der Waals surface area contributed by atoms with E-state index in [9.17, 15) is 9.90 Å². The topological polar surface area (TPSA) is 98.1 Å². The van der Waals surface area contributed by atoms with Gasteiger partial charge in [0.1, 0.15) is 5.54 Å². The zero-order valence-electron chi connectivity index (χ0n) is 11.1. The van der Waals surface area contributed by atoms with Crippen molar-refractivity contribution in [1.29, 1.82) is 0 Å². The lowest BCUT2D eigenvalue weighted by atomic mass is 9.69. The molecule has 2 N–H and O–H groups in total. The minimum absolute atomic E-state index is 0.242. The van der Waals surface area contributed by atoms with Crippen molar-refractivity contribution >= 4 is 5.97 Å². The zero-order chi connectivity index (χ0) is 13.6. The van der Waals surface area contributed by atoms with Gasteiger partial charge in [0, 0.05) is 11.5 Å². The fraction of sp³-hybridized carbons (Fsp3) is 0.917. The van der Waals surface area contributed by atoms with Crippen LogP contribution in [-0.2, 0) is 4.79 Å². The highest BCUT2D eigenvalue weighted by Crippen LogP contribution is 2.40. The molecule has 0 atom stereocenters. The summed E-state index contributed by atoms with van der Waals surface area (Å²) in [5.74, 6) is -0.762. The Balaban J connectivity index is 2.50. The van der Waals surface area contributed by atoms with Gasteiger partial charge in [0.15, 0.2) is 0 Å². The van der Waals surface area contributed by atoms with E-state index in [0.717, 1.165) is 12.8 Å². The molecule has 0 aromatic carbocycles. The van der Waals surface area contributed by atoms with E-state index in [1.54, 1.807) is 0 Å². The Bertz CT molecular complexity index is 338. The van der Waals surface area contributed by atoms with Gasteiger partial charge in [-0.1, -0.05) is 19.0 Å². The van der Waals surface area contributed by atoms with Crippen LogP contribution in [0.1, 0.15) is 46.0 Å². The minimum Gasteiger partial charge on any atom is -0.480 e. The van der Waals surface area contributed by atoms with E-state index in [2.05, 4.69) is 29.2 Å². The van der Waals surface area contributed by atoms with Crippen molar-refractivity contribution in [2.75, 3.05) is 13.1 Å². The Kier molecular flexibility index (Phi) is 4.99. The van der Waals surface area contributed by atoms with Crippen LogP contribution in [0.4, 0.5) is 0 Å². The summed E-state index contributed by atoms with van der Waals surface area (Å²) < 4.78 is 0. The average molecular weight is 254 g/mol. The number of carbonyl (C=O) groups is 1. The Morgan fingerprint density at radius 3 is 2.50 bits per heavy atom. The van der Waals surface area contributed by atoms with Gasteiger partial charge in [0.2, 0.25) is 0 Å². The molecule has 1 rings (SSSR count). The molecule has 0 saturated heterocycles. The summed E-state index contributed by atoms with van der Waals surface area (Å²) >= 11 is 0. The number of rotatable bonds is 6. The molecular weight excluding hydrogens is 232 g/mol. The average Bonchev–Trinajstić information content (AvgIpc) is 2.31. The number of carboxylic acid groups (broad SMARTS) is 1. The maximum Gasteiger partial charge on any atom is 0.323 e. The first-order valence-corrected chi connectivity index (χ1v) is 6.41. The third-order valence-corrected chi connectivity index (χ3v) is 3.83. The predicted octanol–water partition coefficient (Wildman–Crippen LogP) is 2.70. The van der Waals surface area contributed by atoms with Gasteiger partial charge >= 0.3 is 5.97 Å². The standard InChI is InChI=1S/C12H22N4O2/c1-11(2)4-6-12(7-5-11,10(17)18)14-8-3-9-15-16-13/h14H,3-9H2,1-2H3,(H,17,18). The molecule has 1 saturated carbocycles. The lowest BCUT2D eigenvalue weighted by molar-refractivity contribution is -0.147. The van der Waals surface area contributed by atoms with Gasteiger partial charge < -0.3 is 10.4 Å². The molecule has 0 spiro atoms. The molecule has 0 radical (unpaired) electrons. The van der Waals surface area contributed by atoms with Gasteiger partial charge in [-0.05, 0) is 49.6 Å². The first-order chi connectivity index (χ1) is 8.42. The zero-order valence-corrected chi connectivity index (χ0v) is 11.1. The van der Waals surface area contributed by atoms with Gasteiger partial charge in [-0.25, -0.2) is 0 Å². The minimum atomic E-state index is -0.786. The summed E-state index contributed by atoms with van der Waals surface area (Å²) in [7, 11) is 0. The van der Waals surface area contributed by atoms with Crippen molar-refractivity contribution in [3.8, 4) is 0 Å². The molecule has 6 heteroatoms. The summed E-state index contributed by atoms with van der Waals surface area (Å²) in [5, 5.41) is 16.0. The normalized spacial score (nSPS) is 21.0. The second-order valence-corrected chi connectivity index (χ2v) is 5.79. The molecule has 1 fully saturated rings. The second kappa shape index (κ2) is 6.07. The van der Waals surface area contributed by atoms with Crippen LogP contribution in [0.5, 0.6) is 0 Å². The van der Waals surface area contributed by atoms with Gasteiger partial charge in [-0.2, -0.15) is 0 Å². The van der Waals surface area contributed by atoms with Crippen LogP contribution in [-0.4, -0.2) is 29.7 Å². The summed E-state index contributed by atoms with van der Waals surface area (Å²) in [6.07, 6.45) is 3.83. The number of azide groups is 1. The first-order valence-electron chi connectivity index (χ1n) is 6.41. The van der Waals surface area contributed by atoms with Crippen molar-refractivity contribution in [1.82, 2.24) is 5.32 Å². The van der Waals surface area contributed by atoms with E-state index in [-0.39, 0.29) is 5.41 Å². The molecule has 6 nitrogen and oxygen atoms in total. The van der Waals surface area contributed by atoms with Crippen LogP contribution < -0.4 is 5.32 Å². The van der Waals surface area contributed by atoms with Crippen molar-refractivity contribution in [3.05, 3.63) is 10.4 Å². The molecule has 0 bridgehead atoms. The Morgan fingerprint density at radius 2 is 2.00 bits per heavy atom. The molecular formula is C12H22N4O2. The van der Waals surface area contributed by atoms with Crippen molar-refractivity contribution in [2.24, 2.45) is 10.5 Å². The van der Waals surface area contributed by atoms with Crippen molar-refractivity contribution < 1.29 is 9.90 Å². The SMILES string of the molecule is CC1(C)CCC(NCCCN=[N+]=[N-])(C(=O)O)CC1. The number of nitrogens with one attached hydrogen (secondary N) is 1. The van der Waals surface area contributed by atoms with E-state index in [1.165, 1.54) is 0 Å². The summed E-state index contributed by atoms with van der Waals surface area (Å²) in [4.78, 5) is 14.1. The predicted molar refractivity (Wildman–Crippen MR) is 69.2 cm³/mol. The Hall–Kier alpha value is -1.26. The van der Waals surface area contributed by atoms with E-state index in [4.69, 9.17) is 5.53 Å². The largest absolute Gasteiger partial charge is 0.480 e. The van der Waals surface area contributed by atoms with Crippen LogP contribution in [0.3, 0.4) is 0 Å². The summed E-state index contributed by atoms with van der Waals surface area (Å²) in [6.45, 7) is 5.34. The summed E-state index contributed by atoms with van der Waals surface area (Å²) in [6, 6.07) is 0. The van der Waals surface area contributed by atoms with E-state index in [0.29, 0.717) is 32.4 Å². The molecule has 0 unspecified atom stereocenters. The number of hydrogen-bond donors (Lipinski definition) is 2. The number of nitrogens with zero attached hydrogens (tertiary/aromatic N) is 3. The van der Waals surface area contributed by atoms with Crippen molar-refractivity contribution in [2.45, 2.75) is 51.5 Å². The van der Waals surface area contributed by atoms with Crippen LogP contribution >= 0.6 is 0 Å². The smallest absolute Gasteiger partial charge is 0.323 e. The van der Waals surface area contributed by atoms with Crippen LogP contribution in [0.15, 0.2) is 5.11 Å². The number of hydrogen-bond acceptors (Lipinski definition) is 3. The molecule has 0 amide bonds. The van der Waals surface area contributed by atoms with E-state index in [1.807, 2.05) is 0 Å². The highest BCUT2D eigenvalue weighted by Gasteiger charge is 2.43. The molecule has 0 aromatic rings. The Labute approximate surface area is 107 Å². The second-order valence-electron chi connectivity index (χ2n) is 5.79. The molecule has 1 aliphatic rings. The molecule has 102 valence electrons. The molecule has 0 aliphatic heterocycles. The fourth-order valence-corrected chi connectivity index (χ4v) is 2.34. The molecule has 18 heavy (non-hydrogen) atoms. The fourth-order valence-electron chi connectivity index (χ4n) is 2.34. The summed E-state index contributed by atoms with van der Waals surface area (Å²) in [5.41, 5.74) is 7.61. The van der Waals surface area contributed by atoms with Gasteiger partial charge in [0.05, 0.1) is 0 Å². The Morgan fingerprint density at radius 1 is 1.39 bits per heavy atom. The number of carboxylic acids is 1. The third kappa shape index (κ3) is 3.89. The molecule has 0 aromatic heterocycles. The van der Waals surface area contributed by atoms with E-state index < -0.39 is 11.5 Å². The van der Waals surface area contributed by atoms with Gasteiger partial charge in [-0.15, -0.1) is 0 Å². The lowest BCUT2D eigenvalue weighted by Crippen LogP contribution is -2.55. The highest BCUT2D eigenvalue weighted by molar-refractivity contribution is 5.79. The maximum atomic E-state index is 11.5. The van der Waals surface area contributed by atoms with Gasteiger partial charge in [-0.3, -0.25) is 4.79 Å². The first kappa shape index (κ1) is 14.8.